The highest BCUT2D eigenvalue weighted by molar-refractivity contribution is 7.21. The molecule has 4 aromatic rings. The molecule has 7 heteroatoms. The number of amides is 3. The van der Waals surface area contributed by atoms with Crippen molar-refractivity contribution in [1.82, 2.24) is 9.88 Å². The number of aryl methyl sites for hydroxylation is 2. The fraction of sp³-hybridized carbons (Fsp3) is 0.267. The van der Waals surface area contributed by atoms with Crippen LogP contribution in [-0.4, -0.2) is 39.7 Å². The maximum atomic E-state index is 13.6. The lowest BCUT2D eigenvalue weighted by atomic mass is 10.1. The van der Waals surface area contributed by atoms with Crippen LogP contribution in [0.15, 0.2) is 66.7 Å². The maximum Gasteiger partial charge on any atom is 0.257 e. The van der Waals surface area contributed by atoms with E-state index in [-0.39, 0.29) is 30.2 Å². The number of benzene rings is 3. The van der Waals surface area contributed by atoms with E-state index in [0.29, 0.717) is 17.7 Å². The Balaban J connectivity index is 1.41. The summed E-state index contributed by atoms with van der Waals surface area (Å²) in [4.78, 5) is 47.7. The van der Waals surface area contributed by atoms with Gasteiger partial charge in [0.25, 0.3) is 11.8 Å². The number of nitrogens with zero attached hydrogens (tertiary/aromatic N) is 3. The van der Waals surface area contributed by atoms with Crippen molar-refractivity contribution in [2.75, 3.05) is 4.90 Å². The van der Waals surface area contributed by atoms with Crippen LogP contribution in [0.2, 0.25) is 0 Å². The fourth-order valence-electron chi connectivity index (χ4n) is 4.70. The summed E-state index contributed by atoms with van der Waals surface area (Å²) in [6.45, 7) is 7.91. The van der Waals surface area contributed by atoms with Crippen LogP contribution < -0.4 is 4.90 Å². The first-order valence-corrected chi connectivity index (χ1v) is 13.3. The first-order valence-electron chi connectivity index (χ1n) is 12.5. The number of rotatable bonds is 6. The molecule has 5 rings (SSSR count). The van der Waals surface area contributed by atoms with Gasteiger partial charge in [-0.15, -0.1) is 11.3 Å². The fourth-order valence-corrected chi connectivity index (χ4v) is 5.77. The summed E-state index contributed by atoms with van der Waals surface area (Å²) >= 11 is 1.61. The van der Waals surface area contributed by atoms with Crippen molar-refractivity contribution in [2.45, 2.75) is 52.6 Å². The van der Waals surface area contributed by atoms with Crippen molar-refractivity contribution in [3.63, 3.8) is 0 Å². The van der Waals surface area contributed by atoms with Gasteiger partial charge in [-0.25, -0.2) is 9.88 Å². The standard InChI is InChI=1S/C30H29N3O3S/c1-5-20(4)32(29(35)22-9-6-18(2)7-10-22)25-17-27(34)33(30(25)36)23-13-11-21(12-14-23)28-31-24-15-8-19(3)16-26(24)37-28/h6-16,20,25H,5,17H2,1-4H3. The van der Waals surface area contributed by atoms with E-state index < -0.39 is 6.04 Å². The molecule has 1 aliphatic heterocycles. The van der Waals surface area contributed by atoms with Crippen LogP contribution in [0, 0.1) is 13.8 Å². The molecule has 2 heterocycles. The van der Waals surface area contributed by atoms with Crippen molar-refractivity contribution >= 4 is 45.0 Å². The average molecular weight is 512 g/mol. The minimum Gasteiger partial charge on any atom is -0.323 e. The second-order valence-corrected chi connectivity index (χ2v) is 10.7. The lowest BCUT2D eigenvalue weighted by Crippen LogP contribution is -2.49. The zero-order chi connectivity index (χ0) is 26.3. The first kappa shape index (κ1) is 24.8. The molecule has 0 radical (unpaired) electrons. The van der Waals surface area contributed by atoms with Crippen LogP contribution in [0.1, 0.15) is 48.2 Å². The summed E-state index contributed by atoms with van der Waals surface area (Å²) in [6.07, 6.45) is 0.645. The van der Waals surface area contributed by atoms with Crippen LogP contribution in [-0.2, 0) is 9.59 Å². The summed E-state index contributed by atoms with van der Waals surface area (Å²) in [5.74, 6) is -0.902. The van der Waals surface area contributed by atoms with Crippen LogP contribution in [0.5, 0.6) is 0 Å². The zero-order valence-electron chi connectivity index (χ0n) is 21.4. The minimum atomic E-state index is -0.830. The van der Waals surface area contributed by atoms with E-state index in [0.717, 1.165) is 26.4 Å². The largest absolute Gasteiger partial charge is 0.323 e. The van der Waals surface area contributed by atoms with Gasteiger partial charge in [-0.2, -0.15) is 0 Å². The van der Waals surface area contributed by atoms with Crippen LogP contribution in [0.3, 0.4) is 0 Å². The lowest BCUT2D eigenvalue weighted by molar-refractivity contribution is -0.122. The Bertz CT molecular complexity index is 1490. The Morgan fingerprint density at radius 2 is 1.70 bits per heavy atom. The third-order valence-corrected chi connectivity index (χ3v) is 8.04. The monoisotopic (exact) mass is 511 g/mol. The molecule has 0 saturated carbocycles. The predicted molar refractivity (Wildman–Crippen MR) is 148 cm³/mol. The molecule has 1 aliphatic rings. The molecule has 1 fully saturated rings. The summed E-state index contributed by atoms with van der Waals surface area (Å²) < 4.78 is 1.12. The van der Waals surface area contributed by atoms with Crippen molar-refractivity contribution in [3.8, 4) is 10.6 Å². The maximum absolute atomic E-state index is 13.6. The van der Waals surface area contributed by atoms with Gasteiger partial charge in [0.05, 0.1) is 22.3 Å². The van der Waals surface area contributed by atoms with E-state index in [1.165, 1.54) is 10.5 Å². The van der Waals surface area contributed by atoms with Gasteiger partial charge < -0.3 is 4.90 Å². The molecule has 37 heavy (non-hydrogen) atoms. The summed E-state index contributed by atoms with van der Waals surface area (Å²) in [7, 11) is 0. The summed E-state index contributed by atoms with van der Waals surface area (Å²) in [5.41, 5.74) is 5.13. The van der Waals surface area contributed by atoms with Gasteiger partial charge in [0.15, 0.2) is 0 Å². The van der Waals surface area contributed by atoms with Gasteiger partial charge >= 0.3 is 0 Å². The van der Waals surface area contributed by atoms with Gasteiger partial charge in [-0.1, -0.05) is 30.7 Å². The second-order valence-electron chi connectivity index (χ2n) is 9.66. The Hall–Kier alpha value is -3.84. The molecule has 1 aromatic heterocycles. The molecule has 3 aromatic carbocycles. The molecule has 1 saturated heterocycles. The highest BCUT2D eigenvalue weighted by Crippen LogP contribution is 2.33. The Labute approximate surface area is 220 Å². The number of hydrogen-bond donors (Lipinski definition) is 0. The smallest absolute Gasteiger partial charge is 0.257 e. The number of aromatic nitrogens is 1. The number of carbonyl (C=O) groups is 3. The van der Waals surface area contributed by atoms with Crippen molar-refractivity contribution in [3.05, 3.63) is 83.4 Å². The SMILES string of the molecule is CCC(C)N(C(=O)c1ccc(C)cc1)C1CC(=O)N(c2ccc(-c3nc4ccc(C)cc4s3)cc2)C1=O. The van der Waals surface area contributed by atoms with Gasteiger partial charge in [0.1, 0.15) is 11.0 Å². The van der Waals surface area contributed by atoms with Crippen molar-refractivity contribution in [2.24, 2.45) is 0 Å². The number of imide groups is 1. The molecule has 2 atom stereocenters. The van der Waals surface area contributed by atoms with Crippen molar-refractivity contribution in [1.29, 1.82) is 0 Å². The van der Waals surface area contributed by atoms with Gasteiger partial charge in [0.2, 0.25) is 5.91 Å². The van der Waals surface area contributed by atoms with Gasteiger partial charge in [-0.05, 0) is 81.3 Å². The number of thiazole rings is 1. The summed E-state index contributed by atoms with van der Waals surface area (Å²) in [5, 5.41) is 0.885. The minimum absolute atomic E-state index is 0.0280. The Morgan fingerprint density at radius 1 is 1.03 bits per heavy atom. The molecule has 0 N–H and O–H groups in total. The lowest BCUT2D eigenvalue weighted by Gasteiger charge is -2.33. The number of hydrogen-bond acceptors (Lipinski definition) is 5. The molecular weight excluding hydrogens is 482 g/mol. The molecule has 188 valence electrons. The van der Waals surface area contributed by atoms with Gasteiger partial charge in [0, 0.05) is 17.2 Å². The van der Waals surface area contributed by atoms with Crippen LogP contribution >= 0.6 is 11.3 Å². The third-order valence-electron chi connectivity index (χ3n) is 6.97. The van der Waals surface area contributed by atoms with E-state index >= 15 is 0 Å². The number of carbonyl (C=O) groups excluding carboxylic acids is 3. The Morgan fingerprint density at radius 3 is 2.38 bits per heavy atom. The molecule has 0 spiro atoms. The second kappa shape index (κ2) is 9.90. The average Bonchev–Trinajstić information content (AvgIpc) is 3.44. The van der Waals surface area contributed by atoms with E-state index in [9.17, 15) is 14.4 Å². The van der Waals surface area contributed by atoms with Crippen LogP contribution in [0.4, 0.5) is 5.69 Å². The molecule has 2 unspecified atom stereocenters. The van der Waals surface area contributed by atoms with E-state index in [1.54, 1.807) is 40.5 Å². The quantitative estimate of drug-likeness (QED) is 0.291. The first-order chi connectivity index (χ1) is 17.8. The van der Waals surface area contributed by atoms with E-state index in [4.69, 9.17) is 4.98 Å². The van der Waals surface area contributed by atoms with E-state index in [1.807, 2.05) is 57.2 Å². The molecule has 0 bridgehead atoms. The molecule has 3 amide bonds. The van der Waals surface area contributed by atoms with Crippen molar-refractivity contribution < 1.29 is 14.4 Å². The van der Waals surface area contributed by atoms with E-state index in [2.05, 4.69) is 13.0 Å². The summed E-state index contributed by atoms with van der Waals surface area (Å²) in [6, 6.07) is 19.8. The molecule has 0 aliphatic carbocycles. The highest BCUT2D eigenvalue weighted by atomic mass is 32.1. The van der Waals surface area contributed by atoms with Crippen LogP contribution in [0.25, 0.3) is 20.8 Å². The number of fused-ring (bicyclic) bond motifs is 1. The number of anilines is 1. The normalized spacial score (nSPS) is 16.4. The topological polar surface area (TPSA) is 70.6 Å². The third kappa shape index (κ3) is 4.67. The molecule has 6 nitrogen and oxygen atoms in total. The van der Waals surface area contributed by atoms with Gasteiger partial charge in [-0.3, -0.25) is 14.4 Å². The zero-order valence-corrected chi connectivity index (χ0v) is 22.2. The highest BCUT2D eigenvalue weighted by Gasteiger charge is 2.45. The molecular formula is C30H29N3O3S. The Kier molecular flexibility index (Phi) is 6.65. The predicted octanol–water partition coefficient (Wildman–Crippen LogP) is 6.15.